The zero-order valence-electron chi connectivity index (χ0n) is 8.96. The molecule has 0 unspecified atom stereocenters. The minimum absolute atomic E-state index is 0.000854. The lowest BCUT2D eigenvalue weighted by Crippen LogP contribution is -2.09. The van der Waals surface area contributed by atoms with Crippen LogP contribution in [0, 0.1) is 5.92 Å². The van der Waals surface area contributed by atoms with Crippen molar-refractivity contribution in [3.8, 4) is 0 Å². The minimum Gasteiger partial charge on any atom is -0.339 e. The molecule has 4 nitrogen and oxygen atoms in total. The lowest BCUT2D eigenvalue weighted by atomic mass is 10.2. The second-order valence-electron chi connectivity index (χ2n) is 4.14. The van der Waals surface area contributed by atoms with Gasteiger partial charge in [-0.25, -0.2) is 0 Å². The quantitative estimate of drug-likeness (QED) is 0.800. The van der Waals surface area contributed by atoms with Crippen LogP contribution in [-0.4, -0.2) is 22.1 Å². The third-order valence-corrected chi connectivity index (χ3v) is 2.50. The van der Waals surface area contributed by atoms with Gasteiger partial charge < -0.3 is 4.52 Å². The average Bonchev–Trinajstić information content (AvgIpc) is 2.97. The van der Waals surface area contributed by atoms with E-state index in [0.29, 0.717) is 0 Å². The molecule has 1 aromatic rings. The van der Waals surface area contributed by atoms with E-state index in [-0.39, 0.29) is 36.3 Å². The van der Waals surface area contributed by atoms with Crippen LogP contribution in [0.5, 0.6) is 0 Å². The molecular formula is C10H11F3N2O2. The summed E-state index contributed by atoms with van der Waals surface area (Å²) in [5.41, 5.74) is 0. The lowest BCUT2D eigenvalue weighted by Gasteiger charge is -2.01. The van der Waals surface area contributed by atoms with Gasteiger partial charge >= 0.3 is 6.18 Å². The van der Waals surface area contributed by atoms with E-state index in [2.05, 4.69) is 10.1 Å². The summed E-state index contributed by atoms with van der Waals surface area (Å²) in [6.07, 6.45) is -3.73. The minimum atomic E-state index is -4.23. The maximum absolute atomic E-state index is 11.9. The van der Waals surface area contributed by atoms with Gasteiger partial charge in [0.25, 0.3) is 0 Å². The molecule has 0 amide bonds. The molecule has 1 aliphatic carbocycles. The van der Waals surface area contributed by atoms with Crippen molar-refractivity contribution in [2.24, 2.45) is 5.92 Å². The van der Waals surface area contributed by atoms with Gasteiger partial charge in [-0.15, -0.1) is 0 Å². The van der Waals surface area contributed by atoms with Crippen LogP contribution in [0.2, 0.25) is 0 Å². The topological polar surface area (TPSA) is 56.0 Å². The Hall–Kier alpha value is -1.40. The SMILES string of the molecule is O=C(Cc1nc(CCC(F)(F)F)no1)C1CC1. The van der Waals surface area contributed by atoms with E-state index in [9.17, 15) is 18.0 Å². The number of carbonyl (C=O) groups is 1. The second kappa shape index (κ2) is 4.46. The van der Waals surface area contributed by atoms with Crippen molar-refractivity contribution in [3.63, 3.8) is 0 Å². The van der Waals surface area contributed by atoms with Gasteiger partial charge in [0.15, 0.2) is 5.82 Å². The first-order chi connectivity index (χ1) is 7.94. The van der Waals surface area contributed by atoms with Crippen LogP contribution < -0.4 is 0 Å². The van der Waals surface area contributed by atoms with E-state index in [1.54, 1.807) is 0 Å². The fourth-order valence-corrected chi connectivity index (χ4v) is 1.42. The zero-order valence-corrected chi connectivity index (χ0v) is 8.96. The highest BCUT2D eigenvalue weighted by Gasteiger charge is 2.31. The van der Waals surface area contributed by atoms with E-state index in [0.717, 1.165) is 12.8 Å². The summed E-state index contributed by atoms with van der Waals surface area (Å²) in [4.78, 5) is 15.2. The molecule has 17 heavy (non-hydrogen) atoms. The molecule has 0 saturated heterocycles. The summed E-state index contributed by atoms with van der Waals surface area (Å²) in [7, 11) is 0. The first kappa shape index (κ1) is 12.1. The maximum atomic E-state index is 11.9. The number of nitrogens with zero attached hydrogens (tertiary/aromatic N) is 2. The van der Waals surface area contributed by atoms with E-state index in [1.807, 2.05) is 0 Å². The normalized spacial score (nSPS) is 16.2. The molecule has 1 aromatic heterocycles. The number of aryl methyl sites for hydroxylation is 1. The smallest absolute Gasteiger partial charge is 0.339 e. The fraction of sp³-hybridized carbons (Fsp3) is 0.700. The van der Waals surface area contributed by atoms with Crippen LogP contribution in [0.25, 0.3) is 0 Å². The molecule has 0 spiro atoms. The summed E-state index contributed by atoms with van der Waals surface area (Å²) < 4.78 is 40.5. The molecule has 7 heteroatoms. The highest BCUT2D eigenvalue weighted by molar-refractivity contribution is 5.84. The Morgan fingerprint density at radius 2 is 2.12 bits per heavy atom. The number of halogens is 3. The van der Waals surface area contributed by atoms with Crippen molar-refractivity contribution in [1.82, 2.24) is 10.1 Å². The number of carbonyl (C=O) groups excluding carboxylic acids is 1. The predicted octanol–water partition coefficient (Wildman–Crippen LogP) is 2.09. The van der Waals surface area contributed by atoms with E-state index in [1.165, 1.54) is 0 Å². The van der Waals surface area contributed by atoms with Crippen LogP contribution in [0.4, 0.5) is 13.2 Å². The molecule has 0 radical (unpaired) electrons. The number of aromatic nitrogens is 2. The van der Waals surface area contributed by atoms with Crippen LogP contribution in [0.3, 0.4) is 0 Å². The average molecular weight is 248 g/mol. The number of Topliss-reactive ketones (excluding diaryl/α,β-unsaturated/α-hetero) is 1. The molecule has 1 aliphatic rings. The van der Waals surface area contributed by atoms with Gasteiger partial charge in [0, 0.05) is 12.3 Å². The first-order valence-corrected chi connectivity index (χ1v) is 5.35. The summed E-state index contributed by atoms with van der Waals surface area (Å²) in [6.45, 7) is 0. The van der Waals surface area contributed by atoms with Crippen LogP contribution in [0.15, 0.2) is 4.52 Å². The lowest BCUT2D eigenvalue weighted by molar-refractivity contribution is -0.134. The number of rotatable bonds is 5. The zero-order chi connectivity index (χ0) is 12.5. The third-order valence-electron chi connectivity index (χ3n) is 2.50. The van der Waals surface area contributed by atoms with E-state index < -0.39 is 12.6 Å². The molecule has 94 valence electrons. The van der Waals surface area contributed by atoms with Crippen molar-refractivity contribution in [1.29, 1.82) is 0 Å². The molecule has 1 fully saturated rings. The summed E-state index contributed by atoms with van der Waals surface area (Å²) >= 11 is 0. The van der Waals surface area contributed by atoms with Gasteiger partial charge in [0.1, 0.15) is 5.78 Å². The highest BCUT2D eigenvalue weighted by atomic mass is 19.4. The molecule has 0 aliphatic heterocycles. The molecule has 0 N–H and O–H groups in total. The Morgan fingerprint density at radius 1 is 1.41 bits per heavy atom. The second-order valence-corrected chi connectivity index (χ2v) is 4.14. The number of hydrogen-bond acceptors (Lipinski definition) is 4. The molecule has 1 heterocycles. The van der Waals surface area contributed by atoms with Crippen molar-refractivity contribution >= 4 is 5.78 Å². The van der Waals surface area contributed by atoms with Crippen LogP contribution >= 0.6 is 0 Å². The van der Waals surface area contributed by atoms with Gasteiger partial charge in [-0.2, -0.15) is 18.2 Å². The van der Waals surface area contributed by atoms with Gasteiger partial charge in [-0.1, -0.05) is 5.16 Å². The number of hydrogen-bond donors (Lipinski definition) is 0. The summed E-state index contributed by atoms with van der Waals surface area (Å²) in [5.74, 6) is 0.219. The van der Waals surface area contributed by atoms with Crippen molar-refractivity contribution < 1.29 is 22.5 Å². The molecule has 1 saturated carbocycles. The Balaban J connectivity index is 1.85. The molecule has 2 rings (SSSR count). The maximum Gasteiger partial charge on any atom is 0.389 e. The summed E-state index contributed by atoms with van der Waals surface area (Å²) in [6, 6.07) is 0. The van der Waals surface area contributed by atoms with Crippen molar-refractivity contribution in [3.05, 3.63) is 11.7 Å². The van der Waals surface area contributed by atoms with Gasteiger partial charge in [-0.3, -0.25) is 4.79 Å². The Kier molecular flexibility index (Phi) is 3.17. The molecule has 0 atom stereocenters. The van der Waals surface area contributed by atoms with Gasteiger partial charge in [-0.05, 0) is 12.8 Å². The third kappa shape index (κ3) is 3.83. The standard InChI is InChI=1S/C10H11F3N2O2/c11-10(12,13)4-3-8-14-9(17-15-8)5-7(16)6-1-2-6/h6H,1-5H2. The van der Waals surface area contributed by atoms with Crippen LogP contribution in [-0.2, 0) is 17.6 Å². The Morgan fingerprint density at radius 3 is 2.71 bits per heavy atom. The van der Waals surface area contributed by atoms with Gasteiger partial charge in [0.2, 0.25) is 5.89 Å². The van der Waals surface area contributed by atoms with Gasteiger partial charge in [0.05, 0.1) is 12.8 Å². The largest absolute Gasteiger partial charge is 0.389 e. The fourth-order valence-electron chi connectivity index (χ4n) is 1.42. The number of ketones is 1. The summed E-state index contributed by atoms with van der Waals surface area (Å²) in [5, 5.41) is 3.41. The highest BCUT2D eigenvalue weighted by Crippen LogP contribution is 2.30. The van der Waals surface area contributed by atoms with Crippen LogP contribution in [0.1, 0.15) is 31.0 Å². The van der Waals surface area contributed by atoms with E-state index in [4.69, 9.17) is 4.52 Å². The Bertz CT molecular complexity index is 410. The molecular weight excluding hydrogens is 237 g/mol. The Labute approximate surface area is 95.2 Å². The first-order valence-electron chi connectivity index (χ1n) is 5.35. The van der Waals surface area contributed by atoms with Crippen molar-refractivity contribution in [2.45, 2.75) is 38.3 Å². The molecule has 0 aromatic carbocycles. The predicted molar refractivity (Wildman–Crippen MR) is 50.1 cm³/mol. The molecule has 0 bridgehead atoms. The van der Waals surface area contributed by atoms with Crippen molar-refractivity contribution in [2.75, 3.05) is 0 Å². The number of alkyl halides is 3. The van der Waals surface area contributed by atoms with E-state index >= 15 is 0 Å². The monoisotopic (exact) mass is 248 g/mol.